The van der Waals surface area contributed by atoms with E-state index in [0.717, 1.165) is 17.8 Å². The number of hydrogen-bond acceptors (Lipinski definition) is 6. The van der Waals surface area contributed by atoms with Crippen LogP contribution in [-0.2, 0) is 9.53 Å². The molecular weight excluding hydrogens is 775 g/mol. The molecule has 0 aliphatic heterocycles. The summed E-state index contributed by atoms with van der Waals surface area (Å²) in [5.74, 6) is -62.3. The van der Waals surface area contributed by atoms with Crippen LogP contribution in [0.1, 0.15) is 23.2 Å². The van der Waals surface area contributed by atoms with Gasteiger partial charge >= 0.3 is 53.6 Å². The minimum atomic E-state index is -8.75. The van der Waals surface area contributed by atoms with Crippen molar-refractivity contribution in [1.29, 1.82) is 0 Å². The third kappa shape index (κ3) is 8.39. The summed E-state index contributed by atoms with van der Waals surface area (Å²) in [7, 11) is 4.18. The Kier molecular flexibility index (Phi) is 12.8. The van der Waals surface area contributed by atoms with Gasteiger partial charge in [0.1, 0.15) is 0 Å². The van der Waals surface area contributed by atoms with Crippen LogP contribution in [0.25, 0.3) is 0 Å². The number of halogens is 17. The van der Waals surface area contributed by atoms with Gasteiger partial charge in [-0.05, 0) is 55.0 Å². The number of ether oxygens (including phenoxy) is 1. The Morgan fingerprint density at radius 2 is 1.04 bits per heavy atom. The molecule has 1 atom stereocenters. The van der Waals surface area contributed by atoms with Gasteiger partial charge in [-0.15, -0.1) is 0 Å². The van der Waals surface area contributed by atoms with Crippen molar-refractivity contribution in [1.82, 2.24) is 5.32 Å². The molecule has 1 N–H and O–H groups in total. The van der Waals surface area contributed by atoms with E-state index in [9.17, 15) is 84.2 Å². The minimum Gasteiger partial charge on any atom is -0.469 e. The first-order valence-electron chi connectivity index (χ1n) is 14.2. The number of esters is 1. The lowest BCUT2D eigenvalue weighted by Crippen LogP contribution is -2.74. The molecule has 0 heterocycles. The van der Waals surface area contributed by atoms with Gasteiger partial charge in [0, 0.05) is 38.3 Å². The van der Waals surface area contributed by atoms with Crippen LogP contribution in [0, 0.1) is 5.92 Å². The summed E-state index contributed by atoms with van der Waals surface area (Å²) in [5, 5.41) is 9.86. The summed E-state index contributed by atoms with van der Waals surface area (Å²) in [5.41, 5.74) is 1.29. The molecule has 53 heavy (non-hydrogen) atoms. The first kappa shape index (κ1) is 44.7. The highest BCUT2D eigenvalue weighted by Crippen LogP contribution is 2.64. The van der Waals surface area contributed by atoms with Crippen molar-refractivity contribution in [2.24, 2.45) is 16.1 Å². The zero-order valence-corrected chi connectivity index (χ0v) is 26.8. The zero-order chi connectivity index (χ0) is 41.2. The number of nitrogens with zero attached hydrogens (tertiary/aromatic N) is 3. The van der Waals surface area contributed by atoms with Gasteiger partial charge in [0.25, 0.3) is 5.91 Å². The van der Waals surface area contributed by atoms with Crippen LogP contribution in [0.4, 0.5) is 91.7 Å². The number of carbonyl (C=O) groups is 2. The molecule has 298 valence electrons. The molecule has 0 fully saturated rings. The summed E-state index contributed by atoms with van der Waals surface area (Å²) in [6.07, 6.45) is -12.5. The molecule has 0 radical (unpaired) electrons. The molecule has 0 aromatic heterocycles. The number of azo groups is 1. The van der Waals surface area contributed by atoms with Crippen LogP contribution in [0.15, 0.2) is 58.8 Å². The predicted octanol–water partition coefficient (Wildman–Crippen LogP) is 9.48. The summed E-state index contributed by atoms with van der Waals surface area (Å²) in [4.78, 5) is 26.4. The van der Waals surface area contributed by atoms with Crippen LogP contribution >= 0.6 is 0 Å². The second-order valence-corrected chi connectivity index (χ2v) is 11.3. The van der Waals surface area contributed by atoms with Crippen LogP contribution < -0.4 is 10.2 Å². The molecule has 7 nitrogen and oxygen atoms in total. The molecule has 0 saturated carbocycles. The third-order valence-corrected chi connectivity index (χ3v) is 7.41. The Balaban J connectivity index is 2.22. The number of rotatable bonds is 16. The Labute approximate surface area is 287 Å². The van der Waals surface area contributed by atoms with E-state index in [0.29, 0.717) is 12.8 Å². The monoisotopic (exact) mass is 800 g/mol. The Morgan fingerprint density at radius 1 is 0.642 bits per heavy atom. The summed E-state index contributed by atoms with van der Waals surface area (Å²) < 4.78 is 235. The number of methoxy groups -OCH3 is 1. The smallest absolute Gasteiger partial charge is 0.460 e. The average Bonchev–Trinajstić information content (AvgIpc) is 3.06. The molecule has 0 aliphatic carbocycles. The normalized spacial score (nSPS) is 14.6. The number of nitrogens with one attached hydrogen (secondary N) is 1. The number of amides is 1. The second-order valence-electron chi connectivity index (χ2n) is 11.3. The molecule has 2 rings (SSSR count). The summed E-state index contributed by atoms with van der Waals surface area (Å²) in [6.45, 7) is -1.12. The van der Waals surface area contributed by atoms with Crippen LogP contribution in [0.3, 0.4) is 0 Å². The molecule has 0 saturated heterocycles. The molecule has 0 bridgehead atoms. The van der Waals surface area contributed by atoms with Gasteiger partial charge < -0.3 is 15.0 Å². The molecule has 2 aromatic rings. The number of anilines is 1. The molecule has 0 spiro atoms. The highest BCUT2D eigenvalue weighted by atomic mass is 19.4. The molecule has 0 aliphatic rings. The van der Waals surface area contributed by atoms with Gasteiger partial charge in [-0.25, -0.2) is 0 Å². The first-order valence-corrected chi connectivity index (χ1v) is 14.2. The summed E-state index contributed by atoms with van der Waals surface area (Å²) >= 11 is 0. The Hall–Kier alpha value is -4.41. The maximum absolute atomic E-state index is 14.4. The van der Waals surface area contributed by atoms with E-state index in [1.54, 1.807) is 38.4 Å². The van der Waals surface area contributed by atoms with E-state index in [2.05, 4.69) is 15.0 Å². The Bertz CT molecular complexity index is 1610. The van der Waals surface area contributed by atoms with E-state index >= 15 is 0 Å². The lowest BCUT2D eigenvalue weighted by atomic mass is 9.87. The second kappa shape index (κ2) is 15.1. The van der Waals surface area contributed by atoms with E-state index in [-0.39, 0.29) is 11.3 Å². The predicted molar refractivity (Wildman–Crippen MR) is 149 cm³/mol. The summed E-state index contributed by atoms with van der Waals surface area (Å²) in [6, 6.07) is 11.5. The van der Waals surface area contributed by atoms with Crippen molar-refractivity contribution in [2.75, 3.05) is 32.6 Å². The van der Waals surface area contributed by atoms with Gasteiger partial charge in [0.15, 0.2) is 0 Å². The van der Waals surface area contributed by atoms with Crippen LogP contribution in [0.2, 0.25) is 0 Å². The maximum atomic E-state index is 14.4. The number of hydrogen-bond donors (Lipinski definition) is 1. The van der Waals surface area contributed by atoms with Crippen molar-refractivity contribution in [2.45, 2.75) is 60.5 Å². The fourth-order valence-corrected chi connectivity index (χ4v) is 4.11. The van der Waals surface area contributed by atoms with Crippen LogP contribution in [-0.4, -0.2) is 87.3 Å². The van der Waals surface area contributed by atoms with Crippen molar-refractivity contribution in [3.05, 3.63) is 54.1 Å². The van der Waals surface area contributed by atoms with Crippen molar-refractivity contribution >= 4 is 28.9 Å². The molecular formula is C29H25F17N4O3. The third-order valence-electron chi connectivity index (χ3n) is 7.41. The van der Waals surface area contributed by atoms with Gasteiger partial charge in [0.2, 0.25) is 0 Å². The van der Waals surface area contributed by atoms with Crippen molar-refractivity contribution < 1.29 is 89.0 Å². The van der Waals surface area contributed by atoms with Gasteiger partial charge in [-0.1, -0.05) is 0 Å². The van der Waals surface area contributed by atoms with Crippen molar-refractivity contribution in [3.8, 4) is 0 Å². The molecule has 1 unspecified atom stereocenters. The highest BCUT2D eigenvalue weighted by molar-refractivity contribution is 5.94. The lowest BCUT2D eigenvalue weighted by molar-refractivity contribution is -0.461. The van der Waals surface area contributed by atoms with Crippen molar-refractivity contribution in [3.63, 3.8) is 0 Å². The van der Waals surface area contributed by atoms with Crippen LogP contribution in [0.5, 0.6) is 0 Å². The first-order chi connectivity index (χ1) is 23.8. The highest BCUT2D eigenvalue weighted by Gasteiger charge is 2.95. The quantitative estimate of drug-likeness (QED) is 0.104. The largest absolute Gasteiger partial charge is 0.469 e. The number of alkyl halides is 17. The zero-order valence-electron chi connectivity index (χ0n) is 26.8. The van der Waals surface area contributed by atoms with Gasteiger partial charge in [-0.2, -0.15) is 84.9 Å². The SMILES string of the molecule is COC(=O)C(CCC(F)(F)C(F)(F)C(F)(F)C(F)(F)C(F)(F)C(F)(F)C(F)(F)C(F)(F)F)CNC(=O)c1ccc(N=Nc2ccc(N(C)C)cc2)cc1. The van der Waals surface area contributed by atoms with E-state index < -0.39 is 84.8 Å². The molecule has 1 amide bonds. The Morgan fingerprint density at radius 3 is 1.43 bits per heavy atom. The molecule has 2 aromatic carbocycles. The van der Waals surface area contributed by atoms with E-state index in [1.807, 2.05) is 10.2 Å². The van der Waals surface area contributed by atoms with Gasteiger partial charge in [-0.3, -0.25) is 9.59 Å². The fraction of sp³-hybridized carbons (Fsp3) is 0.517. The fourth-order valence-electron chi connectivity index (χ4n) is 4.11. The topological polar surface area (TPSA) is 83.4 Å². The molecule has 24 heteroatoms. The minimum absolute atomic E-state index is 0.201. The average molecular weight is 801 g/mol. The van der Waals surface area contributed by atoms with E-state index in [4.69, 9.17) is 0 Å². The number of carbonyl (C=O) groups excluding carboxylic acids is 2. The standard InChI is InChI=1S/C29H25F17N4O3/c1-50(2)19-10-8-18(9-11-19)49-48-17-6-4-15(5-7-17)20(51)47-14-16(21(52)53-3)12-13-22(30,31)23(32,33)24(34,35)25(36,37)26(38,39)27(40,41)28(42,43)29(44,45)46/h4-11,16H,12-14H2,1-3H3,(H,47,51). The number of benzene rings is 2. The van der Waals surface area contributed by atoms with Gasteiger partial charge in [0.05, 0.1) is 24.4 Å². The van der Waals surface area contributed by atoms with E-state index in [1.165, 1.54) is 12.1 Å². The maximum Gasteiger partial charge on any atom is 0.460 e. The lowest BCUT2D eigenvalue weighted by Gasteiger charge is -2.42.